The molecule has 0 bridgehead atoms. The Morgan fingerprint density at radius 3 is 2.57 bits per heavy atom. The summed E-state index contributed by atoms with van der Waals surface area (Å²) in [5.41, 5.74) is 8.05. The van der Waals surface area contributed by atoms with Crippen molar-refractivity contribution in [1.82, 2.24) is 0 Å². The van der Waals surface area contributed by atoms with Gasteiger partial charge in [0.25, 0.3) is 0 Å². The van der Waals surface area contributed by atoms with Crippen molar-refractivity contribution < 1.29 is 23.7 Å². The molecule has 7 nitrogen and oxygen atoms in total. The van der Waals surface area contributed by atoms with Crippen LogP contribution in [-0.2, 0) is 0 Å². The van der Waals surface area contributed by atoms with Crippen molar-refractivity contribution in [1.29, 1.82) is 5.26 Å². The lowest BCUT2D eigenvalue weighted by Crippen LogP contribution is -2.21. The predicted octanol–water partition coefficient (Wildman–Crippen LogP) is 4.07. The maximum absolute atomic E-state index is 9.80. The van der Waals surface area contributed by atoms with E-state index in [1.807, 2.05) is 31.2 Å². The van der Waals surface area contributed by atoms with Gasteiger partial charge in [-0.3, -0.25) is 0 Å². The number of hydrogen-bond donors (Lipinski definition) is 1. The summed E-state index contributed by atoms with van der Waals surface area (Å²) >= 11 is 0. The SMILES string of the molecule is CCOc1cc([C@H]2C(C#N)=C(N)Oc3cc4c(cc32)OCO4)ccc1OCC(C)C. The molecule has 30 heavy (non-hydrogen) atoms. The Bertz CT molecular complexity index is 1040. The average Bonchev–Trinajstić information content (AvgIpc) is 3.17. The van der Waals surface area contributed by atoms with Gasteiger partial charge in [0.2, 0.25) is 12.7 Å². The molecule has 156 valence electrons. The van der Waals surface area contributed by atoms with Gasteiger partial charge in [-0.15, -0.1) is 0 Å². The van der Waals surface area contributed by atoms with E-state index in [0.29, 0.717) is 53.5 Å². The molecule has 2 N–H and O–H groups in total. The Hall–Kier alpha value is -3.53. The van der Waals surface area contributed by atoms with Gasteiger partial charge in [-0.05, 0) is 36.6 Å². The molecule has 2 aliphatic rings. The highest BCUT2D eigenvalue weighted by molar-refractivity contribution is 5.62. The molecule has 2 aromatic rings. The topological polar surface area (TPSA) is 96.0 Å². The zero-order valence-electron chi connectivity index (χ0n) is 17.2. The van der Waals surface area contributed by atoms with Gasteiger partial charge in [0.15, 0.2) is 23.0 Å². The lowest BCUT2D eigenvalue weighted by Gasteiger charge is -2.27. The first-order valence-corrected chi connectivity index (χ1v) is 9.92. The Morgan fingerprint density at radius 2 is 1.87 bits per heavy atom. The van der Waals surface area contributed by atoms with Crippen LogP contribution in [0.2, 0.25) is 0 Å². The van der Waals surface area contributed by atoms with Crippen molar-refractivity contribution in [2.45, 2.75) is 26.7 Å². The predicted molar refractivity (Wildman–Crippen MR) is 110 cm³/mol. The maximum Gasteiger partial charge on any atom is 0.231 e. The highest BCUT2D eigenvalue weighted by atomic mass is 16.7. The smallest absolute Gasteiger partial charge is 0.231 e. The zero-order chi connectivity index (χ0) is 21.3. The number of nitriles is 1. The Morgan fingerprint density at radius 1 is 1.10 bits per heavy atom. The molecule has 0 aromatic heterocycles. The van der Waals surface area contributed by atoms with Gasteiger partial charge >= 0.3 is 0 Å². The number of nitrogens with zero attached hydrogens (tertiary/aromatic N) is 1. The summed E-state index contributed by atoms with van der Waals surface area (Å²) in [5.74, 6) is 3.08. The minimum Gasteiger partial charge on any atom is -0.490 e. The van der Waals surface area contributed by atoms with Gasteiger partial charge in [-0.1, -0.05) is 19.9 Å². The van der Waals surface area contributed by atoms with Crippen molar-refractivity contribution in [3.63, 3.8) is 0 Å². The highest BCUT2D eigenvalue weighted by Gasteiger charge is 2.33. The van der Waals surface area contributed by atoms with E-state index in [-0.39, 0.29) is 12.7 Å². The number of benzene rings is 2. The van der Waals surface area contributed by atoms with Crippen LogP contribution >= 0.6 is 0 Å². The van der Waals surface area contributed by atoms with Gasteiger partial charge in [0, 0.05) is 11.6 Å². The van der Waals surface area contributed by atoms with Gasteiger partial charge in [0.1, 0.15) is 17.4 Å². The zero-order valence-corrected chi connectivity index (χ0v) is 17.2. The third-order valence-electron chi connectivity index (χ3n) is 4.88. The van der Waals surface area contributed by atoms with Gasteiger partial charge < -0.3 is 29.4 Å². The second-order valence-electron chi connectivity index (χ2n) is 7.51. The van der Waals surface area contributed by atoms with E-state index in [2.05, 4.69) is 19.9 Å². The molecule has 1 atom stereocenters. The van der Waals surface area contributed by atoms with Crippen LogP contribution in [0.15, 0.2) is 41.8 Å². The molecule has 4 rings (SSSR count). The summed E-state index contributed by atoms with van der Waals surface area (Å²) in [4.78, 5) is 0. The number of allylic oxidation sites excluding steroid dienone is 1. The first-order valence-electron chi connectivity index (χ1n) is 9.92. The number of rotatable bonds is 6. The molecule has 0 amide bonds. The molecule has 2 heterocycles. The molecule has 7 heteroatoms. The largest absolute Gasteiger partial charge is 0.490 e. The number of fused-ring (bicyclic) bond motifs is 2. The summed E-state index contributed by atoms with van der Waals surface area (Å²) in [6.07, 6.45) is 0. The summed E-state index contributed by atoms with van der Waals surface area (Å²) in [5, 5.41) is 9.80. The van der Waals surface area contributed by atoms with Crippen LogP contribution in [0.25, 0.3) is 0 Å². The van der Waals surface area contributed by atoms with Crippen LogP contribution < -0.4 is 29.4 Å². The van der Waals surface area contributed by atoms with Crippen LogP contribution in [0, 0.1) is 17.2 Å². The van der Waals surface area contributed by atoms with Crippen molar-refractivity contribution in [3.8, 4) is 34.8 Å². The van der Waals surface area contributed by atoms with E-state index < -0.39 is 5.92 Å². The molecular weight excluding hydrogens is 384 g/mol. The van der Waals surface area contributed by atoms with Gasteiger partial charge in [0.05, 0.1) is 19.1 Å². The second-order valence-corrected chi connectivity index (χ2v) is 7.51. The van der Waals surface area contributed by atoms with Crippen LogP contribution in [0.4, 0.5) is 0 Å². The quantitative estimate of drug-likeness (QED) is 0.770. The fourth-order valence-corrected chi connectivity index (χ4v) is 3.54. The minimum atomic E-state index is -0.424. The summed E-state index contributed by atoms with van der Waals surface area (Å²) in [6, 6.07) is 11.5. The maximum atomic E-state index is 9.80. The number of hydrogen-bond acceptors (Lipinski definition) is 7. The Labute approximate surface area is 175 Å². The third-order valence-corrected chi connectivity index (χ3v) is 4.88. The van der Waals surface area contributed by atoms with Crippen molar-refractivity contribution in [3.05, 3.63) is 52.9 Å². The van der Waals surface area contributed by atoms with E-state index >= 15 is 0 Å². The standard InChI is InChI=1S/C23H24N2O5/c1-4-26-19-7-14(5-6-17(19)27-11-13(2)3)22-15-8-20-21(29-12-28-20)9-18(15)30-23(25)16(22)10-24/h5-9,13,22H,4,11-12,25H2,1-3H3/t22-/m1/s1. The van der Waals surface area contributed by atoms with Gasteiger partial charge in [-0.2, -0.15) is 5.26 Å². The summed E-state index contributed by atoms with van der Waals surface area (Å²) in [6.45, 7) is 7.32. The normalized spacial score (nSPS) is 16.7. The van der Waals surface area contributed by atoms with E-state index in [1.54, 1.807) is 6.07 Å². The first kappa shape index (κ1) is 19.8. The van der Waals surface area contributed by atoms with Crippen LogP contribution in [0.5, 0.6) is 28.7 Å². The molecular formula is C23H24N2O5. The molecule has 2 aliphatic heterocycles. The van der Waals surface area contributed by atoms with Crippen molar-refractivity contribution in [2.24, 2.45) is 11.7 Å². The Kier molecular flexibility index (Phi) is 5.32. The number of nitrogens with two attached hydrogens (primary N) is 1. The molecule has 2 aromatic carbocycles. The highest BCUT2D eigenvalue weighted by Crippen LogP contribution is 2.48. The second kappa shape index (κ2) is 8.07. The van der Waals surface area contributed by atoms with Gasteiger partial charge in [-0.25, -0.2) is 0 Å². The van der Waals surface area contributed by atoms with E-state index in [4.69, 9.17) is 29.4 Å². The van der Waals surface area contributed by atoms with E-state index in [1.165, 1.54) is 0 Å². The third kappa shape index (κ3) is 3.57. The van der Waals surface area contributed by atoms with Crippen LogP contribution in [0.1, 0.15) is 37.8 Å². The molecule has 0 unspecified atom stereocenters. The fraction of sp³-hybridized carbons (Fsp3) is 0.348. The molecule has 0 fully saturated rings. The summed E-state index contributed by atoms with van der Waals surface area (Å²) in [7, 11) is 0. The van der Waals surface area contributed by atoms with Crippen molar-refractivity contribution >= 4 is 0 Å². The van der Waals surface area contributed by atoms with Crippen molar-refractivity contribution in [2.75, 3.05) is 20.0 Å². The molecule has 0 saturated carbocycles. The van der Waals surface area contributed by atoms with E-state index in [9.17, 15) is 5.26 Å². The fourth-order valence-electron chi connectivity index (χ4n) is 3.54. The minimum absolute atomic E-state index is 0.0759. The van der Waals surface area contributed by atoms with Crippen LogP contribution in [0.3, 0.4) is 0 Å². The molecule has 0 aliphatic carbocycles. The lowest BCUT2D eigenvalue weighted by molar-refractivity contribution is 0.174. The molecule has 0 radical (unpaired) electrons. The van der Waals surface area contributed by atoms with E-state index in [0.717, 1.165) is 11.1 Å². The number of ether oxygens (including phenoxy) is 5. The summed E-state index contributed by atoms with van der Waals surface area (Å²) < 4.78 is 28.4. The van der Waals surface area contributed by atoms with Crippen LogP contribution in [-0.4, -0.2) is 20.0 Å². The lowest BCUT2D eigenvalue weighted by atomic mass is 9.83. The molecule has 0 saturated heterocycles. The average molecular weight is 408 g/mol. The first-order chi connectivity index (χ1) is 14.5. The monoisotopic (exact) mass is 408 g/mol. The Balaban J connectivity index is 1.80. The molecule has 0 spiro atoms.